The maximum atomic E-state index is 12.5. The molecule has 1 atom stereocenters. The van der Waals surface area contributed by atoms with Gasteiger partial charge in [-0.15, -0.1) is 0 Å². The number of benzene rings is 3. The number of phenols is 3. The number of rotatable bonds is 15. The Kier molecular flexibility index (Phi) is 12.9. The maximum absolute atomic E-state index is 12.5. The lowest BCUT2D eigenvalue weighted by molar-refractivity contribution is 0.0882. The van der Waals surface area contributed by atoms with E-state index >= 15 is 0 Å². The quantitative estimate of drug-likeness (QED) is 0.130. The SMILES string of the molecule is CCCCc1cc(C)c(CC2=CC(O)(Cc3c(C)cc(CCCC)c(O)c3C)CC(Cc3c(C)cc(CCCC)c(O)c3C)=C2)c(C)c1O. The second-order valence-electron chi connectivity index (χ2n) is 15.1. The summed E-state index contributed by atoms with van der Waals surface area (Å²) < 4.78 is 0. The molecule has 0 spiro atoms. The van der Waals surface area contributed by atoms with E-state index < -0.39 is 5.60 Å². The average molecular weight is 667 g/mol. The van der Waals surface area contributed by atoms with Gasteiger partial charge in [0.15, 0.2) is 0 Å². The van der Waals surface area contributed by atoms with Crippen LogP contribution in [0.5, 0.6) is 17.2 Å². The van der Waals surface area contributed by atoms with Crippen LogP contribution in [0.2, 0.25) is 0 Å². The molecule has 4 heteroatoms. The number of hydrogen-bond acceptors (Lipinski definition) is 4. The van der Waals surface area contributed by atoms with Crippen molar-refractivity contribution >= 4 is 0 Å². The summed E-state index contributed by atoms with van der Waals surface area (Å²) in [7, 11) is 0. The van der Waals surface area contributed by atoms with E-state index in [1.165, 1.54) is 5.56 Å². The molecule has 4 N–H and O–H groups in total. The molecule has 4 nitrogen and oxygen atoms in total. The molecule has 0 bridgehead atoms. The molecule has 266 valence electrons. The predicted octanol–water partition coefficient (Wildman–Crippen LogP) is 10.7. The molecule has 0 heterocycles. The van der Waals surface area contributed by atoms with Gasteiger partial charge in [0, 0.05) is 12.8 Å². The molecule has 0 radical (unpaired) electrons. The zero-order valence-corrected chi connectivity index (χ0v) is 31.9. The number of allylic oxidation sites excluding steroid dienone is 2. The van der Waals surface area contributed by atoms with Crippen LogP contribution in [0.3, 0.4) is 0 Å². The monoisotopic (exact) mass is 666 g/mol. The summed E-state index contributed by atoms with van der Waals surface area (Å²) in [6.07, 6.45) is 15.3. The summed E-state index contributed by atoms with van der Waals surface area (Å²) in [4.78, 5) is 0. The summed E-state index contributed by atoms with van der Waals surface area (Å²) in [5, 5.41) is 46.2. The van der Waals surface area contributed by atoms with Crippen molar-refractivity contribution < 1.29 is 20.4 Å². The molecule has 1 aliphatic rings. The van der Waals surface area contributed by atoms with Crippen molar-refractivity contribution in [3.8, 4) is 17.2 Å². The van der Waals surface area contributed by atoms with Gasteiger partial charge in [0.2, 0.25) is 0 Å². The molecular weight excluding hydrogens is 604 g/mol. The number of hydrogen-bond donors (Lipinski definition) is 4. The summed E-state index contributed by atoms with van der Waals surface area (Å²) >= 11 is 0. The van der Waals surface area contributed by atoms with E-state index in [-0.39, 0.29) is 0 Å². The Balaban J connectivity index is 1.78. The molecule has 4 rings (SSSR count). The molecule has 1 unspecified atom stereocenters. The number of aromatic hydroxyl groups is 3. The lowest BCUT2D eigenvalue weighted by Crippen LogP contribution is -2.33. The van der Waals surface area contributed by atoms with Crippen LogP contribution in [0.15, 0.2) is 41.5 Å². The van der Waals surface area contributed by atoms with Crippen LogP contribution < -0.4 is 0 Å². The third-order valence-electron chi connectivity index (χ3n) is 11.0. The fraction of sp³-hybridized carbons (Fsp3) is 0.511. The van der Waals surface area contributed by atoms with Crippen LogP contribution in [0, 0.1) is 41.5 Å². The molecule has 49 heavy (non-hydrogen) atoms. The first kappa shape index (κ1) is 38.3. The van der Waals surface area contributed by atoms with Gasteiger partial charge in [-0.1, -0.05) is 69.9 Å². The molecule has 0 fully saturated rings. The topological polar surface area (TPSA) is 80.9 Å². The number of unbranched alkanes of at least 4 members (excludes halogenated alkanes) is 3. The van der Waals surface area contributed by atoms with Gasteiger partial charge in [-0.25, -0.2) is 0 Å². The van der Waals surface area contributed by atoms with Gasteiger partial charge in [0.1, 0.15) is 17.2 Å². The van der Waals surface area contributed by atoms with Crippen molar-refractivity contribution in [1.29, 1.82) is 0 Å². The Morgan fingerprint density at radius 2 is 0.959 bits per heavy atom. The highest BCUT2D eigenvalue weighted by molar-refractivity contribution is 5.55. The van der Waals surface area contributed by atoms with Gasteiger partial charge in [0.05, 0.1) is 5.60 Å². The van der Waals surface area contributed by atoms with E-state index in [1.54, 1.807) is 0 Å². The highest BCUT2D eigenvalue weighted by atomic mass is 16.3. The third kappa shape index (κ3) is 8.81. The zero-order chi connectivity index (χ0) is 36.0. The predicted molar refractivity (Wildman–Crippen MR) is 205 cm³/mol. The molecule has 3 aromatic carbocycles. The Morgan fingerprint density at radius 1 is 0.571 bits per heavy atom. The highest BCUT2D eigenvalue weighted by Gasteiger charge is 2.32. The fourth-order valence-electron chi connectivity index (χ4n) is 7.99. The van der Waals surface area contributed by atoms with E-state index in [2.05, 4.69) is 65.8 Å². The molecule has 0 aromatic heterocycles. The lowest BCUT2D eigenvalue weighted by Gasteiger charge is -2.33. The van der Waals surface area contributed by atoms with E-state index in [4.69, 9.17) is 0 Å². The minimum atomic E-state index is -1.16. The highest BCUT2D eigenvalue weighted by Crippen LogP contribution is 2.40. The van der Waals surface area contributed by atoms with Crippen molar-refractivity contribution in [2.75, 3.05) is 0 Å². The van der Waals surface area contributed by atoms with Crippen molar-refractivity contribution in [3.05, 3.63) is 108 Å². The normalized spacial score (nSPS) is 16.2. The van der Waals surface area contributed by atoms with Gasteiger partial charge in [-0.2, -0.15) is 0 Å². The van der Waals surface area contributed by atoms with E-state index in [1.807, 2.05) is 26.8 Å². The Bertz CT molecular complexity index is 1720. The van der Waals surface area contributed by atoms with Crippen molar-refractivity contribution in [1.82, 2.24) is 0 Å². The third-order valence-corrected chi connectivity index (χ3v) is 11.0. The largest absolute Gasteiger partial charge is 0.507 e. The van der Waals surface area contributed by atoms with Crippen LogP contribution >= 0.6 is 0 Å². The number of aliphatic hydroxyl groups is 1. The van der Waals surface area contributed by atoms with Crippen molar-refractivity contribution in [2.24, 2.45) is 0 Å². The fourth-order valence-corrected chi connectivity index (χ4v) is 7.99. The van der Waals surface area contributed by atoms with E-state index in [9.17, 15) is 20.4 Å². The Morgan fingerprint density at radius 3 is 1.39 bits per heavy atom. The van der Waals surface area contributed by atoms with Crippen molar-refractivity contribution in [2.45, 2.75) is 151 Å². The molecule has 0 amide bonds. The molecule has 0 aliphatic heterocycles. The number of aryl methyl sites for hydroxylation is 6. The minimum absolute atomic E-state index is 0.350. The lowest BCUT2D eigenvalue weighted by atomic mass is 9.76. The van der Waals surface area contributed by atoms with Crippen LogP contribution in [0.25, 0.3) is 0 Å². The van der Waals surface area contributed by atoms with Crippen molar-refractivity contribution in [3.63, 3.8) is 0 Å². The Labute approximate surface area is 296 Å². The second kappa shape index (κ2) is 16.5. The minimum Gasteiger partial charge on any atom is -0.507 e. The molecule has 3 aromatic rings. The average Bonchev–Trinajstić information content (AvgIpc) is 3.06. The van der Waals surface area contributed by atoms with Crippen LogP contribution in [0.1, 0.15) is 132 Å². The summed E-state index contributed by atoms with van der Waals surface area (Å²) in [5.41, 5.74) is 13.3. The molecule has 0 saturated carbocycles. The maximum Gasteiger partial charge on any atom is 0.121 e. The van der Waals surface area contributed by atoms with Gasteiger partial charge >= 0.3 is 0 Å². The first-order chi connectivity index (χ1) is 23.2. The van der Waals surface area contributed by atoms with E-state index in [0.29, 0.717) is 42.9 Å². The molecule has 1 aliphatic carbocycles. The van der Waals surface area contributed by atoms with Crippen LogP contribution in [-0.2, 0) is 38.5 Å². The van der Waals surface area contributed by atoms with E-state index in [0.717, 1.165) is 130 Å². The molecule has 0 saturated heterocycles. The first-order valence-electron chi connectivity index (χ1n) is 18.8. The van der Waals surface area contributed by atoms with Crippen LogP contribution in [0.4, 0.5) is 0 Å². The van der Waals surface area contributed by atoms with Crippen LogP contribution in [-0.4, -0.2) is 26.0 Å². The number of phenolic OH excluding ortho intramolecular Hbond substituents is 3. The second-order valence-corrected chi connectivity index (χ2v) is 15.1. The Hall–Kier alpha value is -3.50. The summed E-state index contributed by atoms with van der Waals surface area (Å²) in [6.45, 7) is 18.9. The smallest absolute Gasteiger partial charge is 0.121 e. The summed E-state index contributed by atoms with van der Waals surface area (Å²) in [5.74, 6) is 1.13. The zero-order valence-electron chi connectivity index (χ0n) is 31.9. The van der Waals surface area contributed by atoms with Gasteiger partial charge < -0.3 is 20.4 Å². The van der Waals surface area contributed by atoms with Gasteiger partial charge in [-0.05, 0) is 171 Å². The first-order valence-corrected chi connectivity index (χ1v) is 18.8. The standard InChI is InChI=1S/C45H62O4/c1-10-13-16-36-19-28(4)39(31(7)42(36)46)23-34-22-35(24-40-29(5)20-37(17-14-11-2)43(47)32(40)8)26-45(49,25-34)27-41-30(6)21-38(18-15-12-3)44(48)33(41)9/h19-22,25,46-49H,10-18,23-24,26-27H2,1-9H3. The molecular formula is C45H62O4. The van der Waals surface area contributed by atoms with Gasteiger partial charge in [-0.3, -0.25) is 0 Å². The summed E-state index contributed by atoms with van der Waals surface area (Å²) in [6, 6.07) is 6.38. The van der Waals surface area contributed by atoms with Gasteiger partial charge in [0.25, 0.3) is 0 Å².